The van der Waals surface area contributed by atoms with Crippen molar-refractivity contribution in [2.45, 2.75) is 22.9 Å². The van der Waals surface area contributed by atoms with Crippen LogP contribution in [0.15, 0.2) is 40.6 Å². The highest BCUT2D eigenvalue weighted by molar-refractivity contribution is 7.99. The maximum absolute atomic E-state index is 13.0. The summed E-state index contributed by atoms with van der Waals surface area (Å²) < 4.78 is 1.79. The summed E-state index contributed by atoms with van der Waals surface area (Å²) >= 11 is 2.96. The molecule has 1 aliphatic heterocycles. The van der Waals surface area contributed by atoms with E-state index in [-0.39, 0.29) is 17.6 Å². The van der Waals surface area contributed by atoms with Crippen LogP contribution in [-0.4, -0.2) is 56.5 Å². The number of aromatic nitrogens is 3. The Balaban J connectivity index is 1.62. The zero-order chi connectivity index (χ0) is 18.5. The first-order chi connectivity index (χ1) is 12.6. The van der Waals surface area contributed by atoms with Crippen LogP contribution in [0.2, 0.25) is 0 Å². The fourth-order valence-corrected chi connectivity index (χ4v) is 4.50. The molecule has 6 nitrogen and oxygen atoms in total. The van der Waals surface area contributed by atoms with Gasteiger partial charge in [0, 0.05) is 36.5 Å². The summed E-state index contributed by atoms with van der Waals surface area (Å²) in [6.07, 6.45) is 5.29. The topological polar surface area (TPSA) is 68.1 Å². The van der Waals surface area contributed by atoms with Crippen LogP contribution in [0.4, 0.5) is 0 Å². The number of piperidine rings is 1. The standard InChI is InChI=1S/C18H22N4O2S2/c1-21-12-19-20-18(21)26-11-16(23)22-9-5-6-13(10-22)17(24)14-7-3-4-8-15(14)25-2/h3-4,7-8,12-13H,5-6,9-11H2,1-2H3/t13-/m1/s1. The number of likely N-dealkylation sites (tertiary alicyclic amines) is 1. The molecule has 0 unspecified atom stereocenters. The minimum atomic E-state index is -0.124. The Bertz CT molecular complexity index is 793. The van der Waals surface area contributed by atoms with Crippen molar-refractivity contribution in [3.05, 3.63) is 36.2 Å². The molecule has 0 bridgehead atoms. The van der Waals surface area contributed by atoms with Gasteiger partial charge in [0.1, 0.15) is 6.33 Å². The van der Waals surface area contributed by atoms with Gasteiger partial charge in [-0.05, 0) is 25.2 Å². The van der Waals surface area contributed by atoms with Crippen molar-refractivity contribution in [2.24, 2.45) is 13.0 Å². The van der Waals surface area contributed by atoms with Crippen molar-refractivity contribution in [3.8, 4) is 0 Å². The van der Waals surface area contributed by atoms with Gasteiger partial charge in [-0.15, -0.1) is 22.0 Å². The Morgan fingerprint density at radius 1 is 1.31 bits per heavy atom. The van der Waals surface area contributed by atoms with Gasteiger partial charge in [0.2, 0.25) is 5.91 Å². The third kappa shape index (κ3) is 4.29. The van der Waals surface area contributed by atoms with Crippen LogP contribution in [0.25, 0.3) is 0 Å². The number of carbonyl (C=O) groups is 2. The molecule has 0 aliphatic carbocycles. The predicted octanol–water partition coefficient (Wildman–Crippen LogP) is 2.75. The van der Waals surface area contributed by atoms with E-state index in [2.05, 4.69) is 10.2 Å². The van der Waals surface area contributed by atoms with E-state index in [0.29, 0.717) is 18.8 Å². The molecule has 0 saturated carbocycles. The van der Waals surface area contributed by atoms with Gasteiger partial charge in [-0.2, -0.15) is 0 Å². The van der Waals surface area contributed by atoms with Crippen molar-refractivity contribution in [2.75, 3.05) is 25.1 Å². The van der Waals surface area contributed by atoms with Crippen LogP contribution >= 0.6 is 23.5 Å². The quantitative estimate of drug-likeness (QED) is 0.558. The smallest absolute Gasteiger partial charge is 0.233 e. The van der Waals surface area contributed by atoms with Gasteiger partial charge in [-0.25, -0.2) is 0 Å². The van der Waals surface area contributed by atoms with Gasteiger partial charge in [0.25, 0.3) is 0 Å². The van der Waals surface area contributed by atoms with Crippen LogP contribution in [-0.2, 0) is 11.8 Å². The number of rotatable bonds is 6. The summed E-state index contributed by atoms with van der Waals surface area (Å²) in [6, 6.07) is 7.71. The fraction of sp³-hybridized carbons (Fsp3) is 0.444. The maximum atomic E-state index is 13.0. The number of benzene rings is 1. The average molecular weight is 391 g/mol. The van der Waals surface area contributed by atoms with Crippen molar-refractivity contribution in [1.82, 2.24) is 19.7 Å². The zero-order valence-corrected chi connectivity index (χ0v) is 16.6. The second kappa shape index (κ2) is 8.73. The first-order valence-corrected chi connectivity index (χ1v) is 10.7. The zero-order valence-electron chi connectivity index (χ0n) is 14.9. The van der Waals surface area contributed by atoms with Crippen LogP contribution in [0.1, 0.15) is 23.2 Å². The van der Waals surface area contributed by atoms with Crippen molar-refractivity contribution < 1.29 is 9.59 Å². The van der Waals surface area contributed by atoms with E-state index in [0.717, 1.165) is 28.5 Å². The summed E-state index contributed by atoms with van der Waals surface area (Å²) in [5.41, 5.74) is 0.771. The molecule has 2 aromatic rings. The molecule has 26 heavy (non-hydrogen) atoms. The molecule has 0 spiro atoms. The van der Waals surface area contributed by atoms with E-state index in [1.54, 1.807) is 22.7 Å². The molecule has 138 valence electrons. The van der Waals surface area contributed by atoms with Crippen molar-refractivity contribution >= 4 is 35.2 Å². The highest BCUT2D eigenvalue weighted by atomic mass is 32.2. The largest absolute Gasteiger partial charge is 0.341 e. The number of ketones is 1. The number of thioether (sulfide) groups is 2. The third-order valence-corrected chi connectivity index (χ3v) is 6.33. The lowest BCUT2D eigenvalue weighted by Gasteiger charge is -2.32. The number of nitrogens with zero attached hydrogens (tertiary/aromatic N) is 4. The molecule has 1 aromatic carbocycles. The molecular formula is C18H22N4O2S2. The van der Waals surface area contributed by atoms with Crippen LogP contribution in [0.5, 0.6) is 0 Å². The summed E-state index contributed by atoms with van der Waals surface area (Å²) in [5.74, 6) is 0.386. The molecule has 1 saturated heterocycles. The van der Waals surface area contributed by atoms with Crippen molar-refractivity contribution in [3.63, 3.8) is 0 Å². The van der Waals surface area contributed by atoms with E-state index in [1.165, 1.54) is 11.8 Å². The highest BCUT2D eigenvalue weighted by Crippen LogP contribution is 2.27. The highest BCUT2D eigenvalue weighted by Gasteiger charge is 2.30. The molecule has 8 heteroatoms. The van der Waals surface area contributed by atoms with Crippen LogP contribution in [0.3, 0.4) is 0 Å². The van der Waals surface area contributed by atoms with E-state index < -0.39 is 0 Å². The Morgan fingerprint density at radius 2 is 2.12 bits per heavy atom. The first-order valence-electron chi connectivity index (χ1n) is 8.52. The van der Waals surface area contributed by atoms with Crippen molar-refractivity contribution in [1.29, 1.82) is 0 Å². The van der Waals surface area contributed by atoms with E-state index in [1.807, 2.05) is 42.5 Å². The van der Waals surface area contributed by atoms with Gasteiger partial charge in [0.05, 0.1) is 5.75 Å². The lowest BCUT2D eigenvalue weighted by molar-refractivity contribution is -0.129. The molecular weight excluding hydrogens is 368 g/mol. The third-order valence-electron chi connectivity index (χ3n) is 4.51. The molecule has 0 radical (unpaired) electrons. The second-order valence-electron chi connectivity index (χ2n) is 6.26. The minimum absolute atomic E-state index is 0.0497. The summed E-state index contributed by atoms with van der Waals surface area (Å²) in [6.45, 7) is 1.21. The minimum Gasteiger partial charge on any atom is -0.341 e. The molecule has 1 atom stereocenters. The predicted molar refractivity (Wildman–Crippen MR) is 104 cm³/mol. The number of aryl methyl sites for hydroxylation is 1. The molecule has 0 N–H and O–H groups in total. The average Bonchev–Trinajstić information content (AvgIpc) is 3.10. The Kier molecular flexibility index (Phi) is 6.37. The SMILES string of the molecule is CSc1ccccc1C(=O)[C@@H]1CCCN(C(=O)CSc2nncn2C)C1. The Hall–Kier alpha value is -1.80. The van der Waals surface area contributed by atoms with E-state index in [4.69, 9.17) is 0 Å². The molecule has 1 amide bonds. The Morgan fingerprint density at radius 3 is 2.85 bits per heavy atom. The monoisotopic (exact) mass is 390 g/mol. The first kappa shape index (κ1) is 19.0. The molecule has 1 aliphatic rings. The van der Waals surface area contributed by atoms with Crippen LogP contribution in [0, 0.1) is 5.92 Å². The molecule has 1 aromatic heterocycles. The molecule has 1 fully saturated rings. The van der Waals surface area contributed by atoms with Crippen LogP contribution < -0.4 is 0 Å². The van der Waals surface area contributed by atoms with E-state index >= 15 is 0 Å². The summed E-state index contributed by atoms with van der Waals surface area (Å²) in [7, 11) is 1.85. The number of hydrogen-bond acceptors (Lipinski definition) is 6. The normalized spacial score (nSPS) is 17.3. The van der Waals surface area contributed by atoms with Gasteiger partial charge in [0.15, 0.2) is 10.9 Å². The second-order valence-corrected chi connectivity index (χ2v) is 8.05. The Labute approximate surface area is 161 Å². The maximum Gasteiger partial charge on any atom is 0.233 e. The summed E-state index contributed by atoms with van der Waals surface area (Å²) in [4.78, 5) is 28.3. The summed E-state index contributed by atoms with van der Waals surface area (Å²) in [5, 5.41) is 8.52. The fourth-order valence-electron chi connectivity index (χ4n) is 3.11. The van der Waals surface area contributed by atoms with Gasteiger partial charge in [-0.3, -0.25) is 9.59 Å². The number of carbonyl (C=O) groups excluding carboxylic acids is 2. The van der Waals surface area contributed by atoms with Gasteiger partial charge in [-0.1, -0.05) is 30.0 Å². The number of amides is 1. The van der Waals surface area contributed by atoms with E-state index in [9.17, 15) is 9.59 Å². The number of hydrogen-bond donors (Lipinski definition) is 0. The number of Topliss-reactive ketones (excluding diaryl/α,β-unsaturated/α-hetero) is 1. The molecule has 2 heterocycles. The lowest BCUT2D eigenvalue weighted by atomic mass is 9.90. The van der Waals surface area contributed by atoms with Gasteiger partial charge >= 0.3 is 0 Å². The van der Waals surface area contributed by atoms with Gasteiger partial charge < -0.3 is 9.47 Å². The lowest BCUT2D eigenvalue weighted by Crippen LogP contribution is -2.43. The molecule has 3 rings (SSSR count).